The Morgan fingerprint density at radius 2 is 0.906 bits per heavy atom. The third-order valence-electron chi connectivity index (χ3n) is 14.1. The van der Waals surface area contributed by atoms with Crippen LogP contribution >= 0.6 is 0 Å². The molecule has 1 fully saturated rings. The average Bonchev–Trinajstić information content (AvgIpc) is 3.30. The quantitative estimate of drug-likeness (QED) is 0.152. The highest BCUT2D eigenvalue weighted by Gasteiger charge is 2.70. The number of Topliss-reactive ketones (excluding diaryl/α,β-unsaturated/α-hetero) is 4. The van der Waals surface area contributed by atoms with Crippen molar-refractivity contribution in [2.45, 2.75) is 60.3 Å². The van der Waals surface area contributed by atoms with E-state index in [9.17, 15) is 19.8 Å². The van der Waals surface area contributed by atoms with Gasteiger partial charge in [-0.05, 0) is 47.5 Å². The number of carbonyl (C=O) groups is 4. The molecule has 0 radical (unpaired) electrons. The van der Waals surface area contributed by atoms with Gasteiger partial charge in [0.1, 0.15) is 45.7 Å². The number of hydrogen-bond donors (Lipinski definition) is 2. The van der Waals surface area contributed by atoms with Gasteiger partial charge in [-0.25, -0.2) is 0 Å². The largest absolute Gasteiger partial charge is 0.508 e. The van der Waals surface area contributed by atoms with Crippen LogP contribution in [0.25, 0.3) is 0 Å². The Balaban J connectivity index is 1.19. The third kappa shape index (κ3) is 5.92. The molecular weight excluding hydrogens is 825 g/mol. The fourth-order valence-corrected chi connectivity index (χ4v) is 10.9. The zero-order chi connectivity index (χ0) is 45.3. The third-order valence-corrected chi connectivity index (χ3v) is 14.1. The highest BCUT2D eigenvalue weighted by molar-refractivity contribution is 6.26. The molecule has 5 aliphatic rings. The van der Waals surface area contributed by atoms with Crippen LogP contribution in [0, 0.1) is 11.8 Å². The summed E-state index contributed by atoms with van der Waals surface area (Å²) < 4.78 is 47.8. The standard InChI is InChI=1S/C50H48O14/c1-57-31-17-19-35-29(21-31)23-47(59-3)45(55)39(33(51)25-49(47,61-5)63-35)43(53)41-37(27-13-9-7-10-14-27)42(38(41)28-15-11-8-12-16-28)44(54)40-34(52)26-50(62-6)48(60-4,46(40)56)24-30-22-32(58-2)18-20-36(30)64-50/h7-22,37-38,41-42,55-56H,23-26H2,1-6H3/t37?,38?,41?,42?,47-,48+,49-,50+. The van der Waals surface area contributed by atoms with Gasteiger partial charge in [0.05, 0.1) is 27.1 Å². The van der Waals surface area contributed by atoms with Crippen LogP contribution < -0.4 is 18.9 Å². The minimum Gasteiger partial charge on any atom is -0.508 e. The van der Waals surface area contributed by atoms with Gasteiger partial charge in [0.15, 0.2) is 34.3 Å². The predicted molar refractivity (Wildman–Crippen MR) is 228 cm³/mol. The molecule has 2 unspecified atom stereocenters. The first kappa shape index (κ1) is 43.0. The summed E-state index contributed by atoms with van der Waals surface area (Å²) in [6, 6.07) is 27.8. The molecular formula is C50H48O14. The Kier molecular flexibility index (Phi) is 10.6. The van der Waals surface area contributed by atoms with Gasteiger partial charge < -0.3 is 48.1 Å². The number of aliphatic hydroxyl groups is 2. The molecule has 14 nitrogen and oxygen atoms in total. The number of fused-ring (bicyclic) bond motifs is 4. The van der Waals surface area contributed by atoms with Crippen LogP contribution in [0.5, 0.6) is 23.0 Å². The van der Waals surface area contributed by atoms with Crippen molar-refractivity contribution in [3.05, 3.63) is 142 Å². The van der Waals surface area contributed by atoms with Crippen LogP contribution in [0.1, 0.15) is 46.9 Å². The summed E-state index contributed by atoms with van der Waals surface area (Å²) in [4.78, 5) is 60.2. The summed E-state index contributed by atoms with van der Waals surface area (Å²) in [7, 11) is 8.38. The topological polar surface area (TPSA) is 183 Å². The van der Waals surface area contributed by atoms with Crippen molar-refractivity contribution in [3.8, 4) is 23.0 Å². The van der Waals surface area contributed by atoms with Crippen molar-refractivity contribution < 1.29 is 67.3 Å². The molecule has 3 aliphatic carbocycles. The summed E-state index contributed by atoms with van der Waals surface area (Å²) in [5.74, 6) is -10.5. The van der Waals surface area contributed by atoms with E-state index in [1.807, 2.05) is 0 Å². The fourth-order valence-electron chi connectivity index (χ4n) is 10.9. The second-order valence-corrected chi connectivity index (χ2v) is 16.8. The molecule has 6 atom stereocenters. The van der Waals surface area contributed by atoms with Crippen LogP contribution in [-0.4, -0.2) is 98.8 Å². The normalized spacial score (nSPS) is 30.4. The summed E-state index contributed by atoms with van der Waals surface area (Å²) in [6.45, 7) is 0. The number of ether oxygens (including phenoxy) is 8. The van der Waals surface area contributed by atoms with Gasteiger partial charge in [-0.2, -0.15) is 0 Å². The van der Waals surface area contributed by atoms with Gasteiger partial charge in [-0.3, -0.25) is 19.2 Å². The van der Waals surface area contributed by atoms with Gasteiger partial charge in [-0.15, -0.1) is 0 Å². The number of methoxy groups -OCH3 is 6. The van der Waals surface area contributed by atoms with Crippen LogP contribution in [0.15, 0.2) is 120 Å². The maximum atomic E-state index is 15.5. The molecule has 0 amide bonds. The molecule has 4 aromatic rings. The first-order valence-corrected chi connectivity index (χ1v) is 20.9. The number of carbonyl (C=O) groups excluding carboxylic acids is 4. The Morgan fingerprint density at radius 3 is 1.23 bits per heavy atom. The molecule has 4 aromatic carbocycles. The zero-order valence-corrected chi connectivity index (χ0v) is 36.2. The fraction of sp³-hybridized carbons (Fsp3) is 0.360. The highest BCUT2D eigenvalue weighted by atomic mass is 16.7. The lowest BCUT2D eigenvalue weighted by molar-refractivity contribution is -0.285. The highest BCUT2D eigenvalue weighted by Crippen LogP contribution is 2.62. The molecule has 0 spiro atoms. The van der Waals surface area contributed by atoms with Gasteiger partial charge in [-0.1, -0.05) is 60.7 Å². The number of ketones is 4. The second-order valence-electron chi connectivity index (χ2n) is 16.8. The van der Waals surface area contributed by atoms with E-state index in [0.717, 1.165) is 0 Å². The molecule has 0 aromatic heterocycles. The summed E-state index contributed by atoms with van der Waals surface area (Å²) in [5.41, 5.74) is -2.50. The number of rotatable bonds is 12. The van der Waals surface area contributed by atoms with Crippen molar-refractivity contribution in [1.29, 1.82) is 0 Å². The van der Waals surface area contributed by atoms with Crippen molar-refractivity contribution in [2.75, 3.05) is 42.7 Å². The maximum absolute atomic E-state index is 15.5. The Labute approximate surface area is 369 Å². The molecule has 64 heavy (non-hydrogen) atoms. The molecule has 2 N–H and O–H groups in total. The molecule has 9 rings (SSSR count). The average molecular weight is 873 g/mol. The first-order chi connectivity index (χ1) is 30.8. The molecule has 1 saturated carbocycles. The Hall–Kier alpha value is -6.32. The molecule has 0 saturated heterocycles. The molecule has 2 aliphatic heterocycles. The first-order valence-electron chi connectivity index (χ1n) is 20.9. The lowest BCUT2D eigenvalue weighted by atomic mass is 9.48. The lowest BCUT2D eigenvalue weighted by Crippen LogP contribution is -2.68. The Morgan fingerprint density at radius 1 is 0.531 bits per heavy atom. The van der Waals surface area contributed by atoms with E-state index in [0.29, 0.717) is 45.3 Å². The SMILES string of the molecule is COc1ccc2c(c1)C[C@]1(OC)C(O)=C(C(=O)C3C(c4ccccc4)C(C(=O)C4=C(O)[C@]5(OC)Cc6cc(OC)ccc6O[C@]5(OC)CC4=O)C3c3ccccc3)C(=O)C[C@]1(OC)O2. The van der Waals surface area contributed by atoms with E-state index >= 15 is 9.59 Å². The van der Waals surface area contributed by atoms with Crippen molar-refractivity contribution >= 4 is 23.1 Å². The Bertz CT molecular complexity index is 2450. The zero-order valence-electron chi connectivity index (χ0n) is 36.2. The number of hydrogen-bond acceptors (Lipinski definition) is 14. The second kappa shape index (κ2) is 15.7. The van der Waals surface area contributed by atoms with Crippen molar-refractivity contribution in [3.63, 3.8) is 0 Å². The van der Waals surface area contributed by atoms with E-state index in [1.54, 1.807) is 97.1 Å². The van der Waals surface area contributed by atoms with E-state index < -0.39 is 105 Å². The van der Waals surface area contributed by atoms with E-state index in [2.05, 4.69) is 0 Å². The lowest BCUT2D eigenvalue weighted by Gasteiger charge is -2.55. The van der Waals surface area contributed by atoms with E-state index in [1.165, 1.54) is 42.7 Å². The van der Waals surface area contributed by atoms with Gasteiger partial charge in [0.2, 0.25) is 0 Å². The minimum absolute atomic E-state index is 0.0590. The monoisotopic (exact) mass is 872 g/mol. The van der Waals surface area contributed by atoms with Crippen molar-refractivity contribution in [1.82, 2.24) is 0 Å². The molecule has 0 bridgehead atoms. The summed E-state index contributed by atoms with van der Waals surface area (Å²) >= 11 is 0. The molecule has 332 valence electrons. The number of aliphatic hydroxyl groups excluding tert-OH is 2. The van der Waals surface area contributed by atoms with Gasteiger partial charge in [0, 0.05) is 76.1 Å². The maximum Gasteiger partial charge on any atom is 0.254 e. The van der Waals surface area contributed by atoms with Gasteiger partial charge >= 0.3 is 0 Å². The van der Waals surface area contributed by atoms with Crippen LogP contribution in [0.2, 0.25) is 0 Å². The smallest absolute Gasteiger partial charge is 0.254 e. The van der Waals surface area contributed by atoms with Crippen LogP contribution in [0.4, 0.5) is 0 Å². The number of allylic oxidation sites excluding steroid dienone is 2. The molecule has 2 heterocycles. The van der Waals surface area contributed by atoms with Gasteiger partial charge in [0.25, 0.3) is 11.6 Å². The number of benzene rings is 4. The van der Waals surface area contributed by atoms with Crippen LogP contribution in [0.3, 0.4) is 0 Å². The van der Waals surface area contributed by atoms with E-state index in [-0.39, 0.29) is 12.8 Å². The summed E-state index contributed by atoms with van der Waals surface area (Å²) in [5, 5.41) is 24.9. The summed E-state index contributed by atoms with van der Waals surface area (Å²) in [6.07, 6.45) is -1.11. The minimum atomic E-state index is -1.87. The predicted octanol–water partition coefficient (Wildman–Crippen LogP) is 6.25. The van der Waals surface area contributed by atoms with E-state index in [4.69, 9.17) is 37.9 Å². The van der Waals surface area contributed by atoms with Crippen LogP contribution in [-0.2, 0) is 51.0 Å². The van der Waals surface area contributed by atoms with Crippen molar-refractivity contribution in [2.24, 2.45) is 11.8 Å². The molecule has 14 heteroatoms.